The molecular formula is C20H18F3N5O2. The number of aromatic nitrogens is 2. The van der Waals surface area contributed by atoms with E-state index >= 15 is 0 Å². The molecule has 3 aromatic rings. The van der Waals surface area contributed by atoms with Crippen LogP contribution in [0.2, 0.25) is 0 Å². The lowest BCUT2D eigenvalue weighted by molar-refractivity contribution is -0.137. The normalized spacial score (nSPS) is 11.2. The molecule has 0 spiro atoms. The smallest absolute Gasteiger partial charge is 0.338 e. The Morgan fingerprint density at radius 2 is 1.97 bits per heavy atom. The van der Waals surface area contributed by atoms with Gasteiger partial charge in [0.15, 0.2) is 0 Å². The molecule has 0 aliphatic heterocycles. The molecule has 2 aromatic heterocycles. The van der Waals surface area contributed by atoms with Crippen LogP contribution in [-0.4, -0.2) is 29.0 Å². The van der Waals surface area contributed by atoms with E-state index in [2.05, 4.69) is 20.6 Å². The van der Waals surface area contributed by atoms with Gasteiger partial charge < -0.3 is 10.6 Å². The Labute approximate surface area is 169 Å². The van der Waals surface area contributed by atoms with E-state index in [9.17, 15) is 22.8 Å². The van der Waals surface area contributed by atoms with Crippen molar-refractivity contribution in [1.82, 2.24) is 15.3 Å². The van der Waals surface area contributed by atoms with Gasteiger partial charge in [-0.15, -0.1) is 0 Å². The van der Waals surface area contributed by atoms with Crippen LogP contribution in [0.1, 0.15) is 18.1 Å². The molecule has 0 saturated carbocycles. The highest BCUT2D eigenvalue weighted by Crippen LogP contribution is 2.40. The maximum absolute atomic E-state index is 13.5. The Morgan fingerprint density at radius 3 is 2.63 bits per heavy atom. The summed E-state index contributed by atoms with van der Waals surface area (Å²) >= 11 is 0. The van der Waals surface area contributed by atoms with Crippen molar-refractivity contribution in [3.05, 3.63) is 54.0 Å². The van der Waals surface area contributed by atoms with Crippen LogP contribution in [-0.2, 0) is 11.0 Å². The van der Waals surface area contributed by atoms with Crippen molar-refractivity contribution >= 4 is 40.4 Å². The number of urea groups is 1. The summed E-state index contributed by atoms with van der Waals surface area (Å²) in [6.07, 6.45) is -0.949. The van der Waals surface area contributed by atoms with Crippen molar-refractivity contribution in [2.24, 2.45) is 0 Å². The van der Waals surface area contributed by atoms with E-state index in [1.54, 1.807) is 26.0 Å². The van der Waals surface area contributed by atoms with Gasteiger partial charge in [0.1, 0.15) is 0 Å². The number of pyridine rings is 2. The van der Waals surface area contributed by atoms with E-state index in [4.69, 9.17) is 0 Å². The highest BCUT2D eigenvalue weighted by atomic mass is 19.4. The monoisotopic (exact) mass is 417 g/mol. The van der Waals surface area contributed by atoms with Crippen LogP contribution in [0.4, 0.5) is 35.0 Å². The van der Waals surface area contributed by atoms with E-state index in [-0.39, 0.29) is 17.6 Å². The van der Waals surface area contributed by atoms with Gasteiger partial charge in [-0.2, -0.15) is 13.2 Å². The van der Waals surface area contributed by atoms with Crippen LogP contribution in [0.5, 0.6) is 0 Å². The number of alkyl halides is 3. The maximum atomic E-state index is 13.5. The standard InChI is InChI=1S/C20H18F3N5O2/c1-3-25-19(30)27-17-12(2)9-26-18-13(17)5-4-6-15(18)28(11-29)16-10-24-8-7-14(16)20(21,22)23/h4-11H,3H2,1-2H3,(H2,25,26,27,30). The number of aryl methyl sites for hydroxylation is 1. The van der Waals surface area contributed by atoms with Gasteiger partial charge in [-0.05, 0) is 31.5 Å². The van der Waals surface area contributed by atoms with Crippen LogP contribution in [0.3, 0.4) is 0 Å². The second kappa shape index (κ2) is 8.36. The van der Waals surface area contributed by atoms with Crippen LogP contribution < -0.4 is 15.5 Å². The average molecular weight is 417 g/mol. The third-order valence-corrected chi connectivity index (χ3v) is 4.37. The first kappa shape index (κ1) is 21.0. The summed E-state index contributed by atoms with van der Waals surface area (Å²) in [6, 6.07) is 5.08. The molecule has 156 valence electrons. The zero-order valence-electron chi connectivity index (χ0n) is 16.1. The molecule has 0 fully saturated rings. The minimum atomic E-state index is -4.68. The Morgan fingerprint density at radius 1 is 1.20 bits per heavy atom. The minimum absolute atomic E-state index is 0.125. The van der Waals surface area contributed by atoms with Gasteiger partial charge >= 0.3 is 12.2 Å². The number of hydrogen-bond donors (Lipinski definition) is 2. The Balaban J connectivity index is 2.20. The highest BCUT2D eigenvalue weighted by molar-refractivity contribution is 6.08. The molecule has 0 atom stereocenters. The summed E-state index contributed by atoms with van der Waals surface area (Å²) in [4.78, 5) is 32.8. The first-order valence-electron chi connectivity index (χ1n) is 8.96. The number of fused-ring (bicyclic) bond motifs is 1. The summed E-state index contributed by atoms with van der Waals surface area (Å²) in [5, 5.41) is 5.81. The molecule has 3 rings (SSSR count). The minimum Gasteiger partial charge on any atom is -0.338 e. The van der Waals surface area contributed by atoms with Gasteiger partial charge in [-0.25, -0.2) is 4.79 Å². The van der Waals surface area contributed by atoms with Gasteiger partial charge in [0.05, 0.1) is 34.3 Å². The SMILES string of the molecule is CCNC(=O)Nc1c(C)cnc2c(N(C=O)c3cnccc3C(F)(F)F)cccc12. The third kappa shape index (κ3) is 4.02. The van der Waals surface area contributed by atoms with Crippen LogP contribution in [0, 0.1) is 6.92 Å². The molecule has 2 heterocycles. The summed E-state index contributed by atoms with van der Waals surface area (Å²) in [5.74, 6) is 0. The highest BCUT2D eigenvalue weighted by Gasteiger charge is 2.35. The fourth-order valence-electron chi connectivity index (χ4n) is 3.05. The maximum Gasteiger partial charge on any atom is 0.418 e. The van der Waals surface area contributed by atoms with E-state index < -0.39 is 23.5 Å². The summed E-state index contributed by atoms with van der Waals surface area (Å²) in [7, 11) is 0. The number of para-hydroxylation sites is 1. The van der Waals surface area contributed by atoms with Gasteiger partial charge in [0.2, 0.25) is 6.41 Å². The zero-order chi connectivity index (χ0) is 21.9. The summed E-state index contributed by atoms with van der Waals surface area (Å²) in [6.45, 7) is 3.92. The van der Waals surface area contributed by atoms with Crippen molar-refractivity contribution in [2.45, 2.75) is 20.0 Å². The van der Waals surface area contributed by atoms with Gasteiger partial charge in [0, 0.05) is 24.3 Å². The molecule has 3 amide bonds. The van der Waals surface area contributed by atoms with Crippen molar-refractivity contribution in [3.63, 3.8) is 0 Å². The predicted molar refractivity (Wildman–Crippen MR) is 107 cm³/mol. The van der Waals surface area contributed by atoms with Crippen molar-refractivity contribution in [3.8, 4) is 0 Å². The number of benzene rings is 1. The van der Waals surface area contributed by atoms with Crippen LogP contribution in [0.15, 0.2) is 42.9 Å². The number of rotatable bonds is 5. The molecule has 0 radical (unpaired) electrons. The Bertz CT molecular complexity index is 1100. The molecule has 10 heteroatoms. The van der Waals surface area contributed by atoms with Crippen LogP contribution in [0.25, 0.3) is 10.9 Å². The number of carbonyl (C=O) groups is 2. The summed E-state index contributed by atoms with van der Waals surface area (Å²) in [5.41, 5.74) is 0.0446. The first-order valence-corrected chi connectivity index (χ1v) is 8.96. The molecule has 1 aromatic carbocycles. The molecule has 2 N–H and O–H groups in total. The lowest BCUT2D eigenvalue weighted by atomic mass is 10.1. The lowest BCUT2D eigenvalue weighted by Crippen LogP contribution is -2.28. The third-order valence-electron chi connectivity index (χ3n) is 4.37. The molecule has 0 bridgehead atoms. The molecule has 0 aliphatic rings. The quantitative estimate of drug-likeness (QED) is 0.603. The van der Waals surface area contributed by atoms with Crippen molar-refractivity contribution in [1.29, 1.82) is 0 Å². The topological polar surface area (TPSA) is 87.2 Å². The molecule has 7 nitrogen and oxygen atoms in total. The molecule has 0 saturated heterocycles. The van der Waals surface area contributed by atoms with Crippen LogP contribution >= 0.6 is 0 Å². The number of carbonyl (C=O) groups excluding carboxylic acids is 2. The number of nitrogens with zero attached hydrogens (tertiary/aromatic N) is 3. The lowest BCUT2D eigenvalue weighted by Gasteiger charge is -2.23. The van der Waals surface area contributed by atoms with E-state index in [1.807, 2.05) is 0 Å². The van der Waals surface area contributed by atoms with E-state index in [1.165, 1.54) is 12.3 Å². The zero-order valence-corrected chi connectivity index (χ0v) is 16.1. The van der Waals surface area contributed by atoms with Gasteiger partial charge in [0.25, 0.3) is 0 Å². The number of nitrogens with one attached hydrogen (secondary N) is 2. The number of amides is 3. The molecule has 30 heavy (non-hydrogen) atoms. The first-order chi connectivity index (χ1) is 14.3. The van der Waals surface area contributed by atoms with Crippen molar-refractivity contribution in [2.75, 3.05) is 16.8 Å². The average Bonchev–Trinajstić information content (AvgIpc) is 2.70. The number of halogens is 3. The Kier molecular flexibility index (Phi) is 5.86. The van der Waals surface area contributed by atoms with Gasteiger partial charge in [-0.3, -0.25) is 19.7 Å². The van der Waals surface area contributed by atoms with E-state index in [0.29, 0.717) is 23.2 Å². The number of hydrogen-bond acceptors (Lipinski definition) is 4. The molecule has 0 unspecified atom stereocenters. The summed E-state index contributed by atoms with van der Waals surface area (Å²) < 4.78 is 40.4. The fraction of sp³-hybridized carbons (Fsp3) is 0.200. The van der Waals surface area contributed by atoms with Gasteiger partial charge in [-0.1, -0.05) is 12.1 Å². The second-order valence-electron chi connectivity index (χ2n) is 6.34. The van der Waals surface area contributed by atoms with E-state index in [0.717, 1.165) is 23.4 Å². The molecule has 0 aliphatic carbocycles. The number of anilines is 3. The van der Waals surface area contributed by atoms with Crippen molar-refractivity contribution < 1.29 is 22.8 Å². The Hall–Kier alpha value is -3.69. The fourth-order valence-corrected chi connectivity index (χ4v) is 3.05. The predicted octanol–water partition coefficient (Wildman–Crippen LogP) is 4.39. The second-order valence-corrected chi connectivity index (χ2v) is 6.34. The largest absolute Gasteiger partial charge is 0.418 e. The molecular weight excluding hydrogens is 399 g/mol.